The minimum absolute atomic E-state index is 0.102. The Balaban J connectivity index is 2.68. The zero-order valence-electron chi connectivity index (χ0n) is 26.2. The summed E-state index contributed by atoms with van der Waals surface area (Å²) < 4.78 is 0. The number of aromatic hydroxyl groups is 3. The fraction of sp³-hybridized carbons (Fsp3) is 0.500. The summed E-state index contributed by atoms with van der Waals surface area (Å²) in [6.07, 6.45) is 0. The van der Waals surface area contributed by atoms with Gasteiger partial charge in [0.15, 0.2) is 0 Å². The van der Waals surface area contributed by atoms with E-state index in [1.54, 1.807) is 12.1 Å². The van der Waals surface area contributed by atoms with Crippen molar-refractivity contribution in [3.05, 3.63) is 63.7 Å². The van der Waals surface area contributed by atoms with E-state index in [0.29, 0.717) is 16.9 Å². The first-order valence-electron chi connectivity index (χ1n) is 14.7. The molecule has 0 saturated carbocycles. The maximum absolute atomic E-state index is 12.2. The highest BCUT2D eigenvalue weighted by Gasteiger charge is 2.32. The molecule has 3 rings (SSSR count). The van der Waals surface area contributed by atoms with Gasteiger partial charge in [-0.05, 0) is 81.0 Å². The molecular weight excluding hydrogens is 480 g/mol. The molecule has 3 N–H and O–H groups in total. The molecule has 0 unspecified atom stereocenters. The highest BCUT2D eigenvalue weighted by molar-refractivity contribution is 5.95. The molecule has 0 bridgehead atoms. The Bertz CT molecular complexity index is 1340. The molecule has 0 heterocycles. The first-order valence-corrected chi connectivity index (χ1v) is 14.7. The van der Waals surface area contributed by atoms with E-state index in [-0.39, 0.29) is 47.0 Å². The summed E-state index contributed by atoms with van der Waals surface area (Å²) in [5, 5.41) is 35.1. The zero-order valence-corrected chi connectivity index (χ0v) is 26.2. The fourth-order valence-electron chi connectivity index (χ4n) is 6.54. The third-order valence-electron chi connectivity index (χ3n) is 7.96. The van der Waals surface area contributed by atoms with E-state index in [1.165, 1.54) is 11.1 Å². The van der Waals surface area contributed by atoms with E-state index >= 15 is 0 Å². The summed E-state index contributed by atoms with van der Waals surface area (Å²) in [6.45, 7) is 26.1. The lowest BCUT2D eigenvalue weighted by atomic mass is 9.73. The number of hydrogen-bond acceptors (Lipinski definition) is 3. The van der Waals surface area contributed by atoms with E-state index in [0.717, 1.165) is 33.4 Å². The summed E-state index contributed by atoms with van der Waals surface area (Å²) in [4.78, 5) is 0. The van der Waals surface area contributed by atoms with Crippen molar-refractivity contribution in [3.63, 3.8) is 0 Å². The quantitative estimate of drug-likeness (QED) is 0.271. The Labute approximate surface area is 236 Å². The summed E-state index contributed by atoms with van der Waals surface area (Å²) in [7, 11) is 0. The molecule has 0 radical (unpaired) electrons. The van der Waals surface area contributed by atoms with Crippen LogP contribution in [0.25, 0.3) is 22.3 Å². The van der Waals surface area contributed by atoms with Crippen molar-refractivity contribution < 1.29 is 15.3 Å². The monoisotopic (exact) mass is 530 g/mol. The molecule has 0 atom stereocenters. The molecule has 0 aliphatic heterocycles. The molecule has 3 nitrogen and oxygen atoms in total. The van der Waals surface area contributed by atoms with Crippen molar-refractivity contribution in [2.45, 2.75) is 119 Å². The molecule has 3 aromatic rings. The summed E-state index contributed by atoms with van der Waals surface area (Å²) >= 11 is 0. The maximum atomic E-state index is 12.2. The van der Waals surface area contributed by atoms with Crippen molar-refractivity contribution in [1.29, 1.82) is 0 Å². The molecule has 0 spiro atoms. The van der Waals surface area contributed by atoms with E-state index in [1.807, 2.05) is 18.2 Å². The Morgan fingerprint density at radius 3 is 1.33 bits per heavy atom. The van der Waals surface area contributed by atoms with Crippen molar-refractivity contribution in [2.75, 3.05) is 0 Å². The van der Waals surface area contributed by atoms with Crippen molar-refractivity contribution >= 4 is 0 Å². The third-order valence-corrected chi connectivity index (χ3v) is 7.96. The second kappa shape index (κ2) is 11.7. The van der Waals surface area contributed by atoms with Crippen LogP contribution in [0.1, 0.15) is 152 Å². The van der Waals surface area contributed by atoms with Crippen molar-refractivity contribution in [2.24, 2.45) is 0 Å². The SMILES string of the molecule is CC(C)c1ccc(O)c(-c2c(O)cccc2-c2c(O)c(C(C)C)c(C(C)C)c(C(C)C)c2C(C)C)c1C(C)C. The van der Waals surface area contributed by atoms with Crippen LogP contribution in [-0.4, -0.2) is 15.3 Å². The zero-order chi connectivity index (χ0) is 29.5. The van der Waals surface area contributed by atoms with Crippen molar-refractivity contribution in [1.82, 2.24) is 0 Å². The van der Waals surface area contributed by atoms with Gasteiger partial charge < -0.3 is 15.3 Å². The summed E-state index contributed by atoms with van der Waals surface area (Å²) in [6, 6.07) is 9.27. The Kier molecular flexibility index (Phi) is 9.15. The average molecular weight is 531 g/mol. The van der Waals surface area contributed by atoms with Gasteiger partial charge in [-0.1, -0.05) is 101 Å². The van der Waals surface area contributed by atoms with E-state index in [4.69, 9.17) is 0 Å². The lowest BCUT2D eigenvalue weighted by molar-refractivity contribution is 0.461. The standard InChI is InChI=1S/C36H50O3/c1-18(2)24-16-17-27(38)35(28(24)19(3)4)33-25(14-13-15-26(33)37)34-31(22(9)10)29(20(5)6)30(21(7)8)32(23(11)12)36(34)39/h13-23,37-39H,1-12H3. The molecule has 0 amide bonds. The molecule has 0 fully saturated rings. The number of benzene rings is 3. The topological polar surface area (TPSA) is 60.7 Å². The third kappa shape index (κ3) is 5.42. The number of phenolic OH excluding ortho intramolecular Hbond substituents is 3. The minimum atomic E-state index is 0.102. The van der Waals surface area contributed by atoms with Crippen LogP contribution < -0.4 is 0 Å². The van der Waals surface area contributed by atoms with Gasteiger partial charge in [-0.2, -0.15) is 0 Å². The molecule has 3 heteroatoms. The average Bonchev–Trinajstić information content (AvgIpc) is 2.82. The van der Waals surface area contributed by atoms with Gasteiger partial charge in [0.2, 0.25) is 0 Å². The van der Waals surface area contributed by atoms with Crippen LogP contribution >= 0.6 is 0 Å². The maximum Gasteiger partial charge on any atom is 0.127 e. The van der Waals surface area contributed by atoms with Crippen molar-refractivity contribution in [3.8, 4) is 39.5 Å². The predicted molar refractivity (Wildman–Crippen MR) is 167 cm³/mol. The molecule has 0 aliphatic carbocycles. The van der Waals surface area contributed by atoms with E-state index in [9.17, 15) is 15.3 Å². The van der Waals surface area contributed by atoms with Gasteiger partial charge >= 0.3 is 0 Å². The first kappa shape index (κ1) is 30.6. The largest absolute Gasteiger partial charge is 0.507 e. The van der Waals surface area contributed by atoms with E-state index < -0.39 is 0 Å². The Morgan fingerprint density at radius 1 is 0.410 bits per heavy atom. The fourth-order valence-corrected chi connectivity index (χ4v) is 6.54. The minimum Gasteiger partial charge on any atom is -0.507 e. The van der Waals surface area contributed by atoms with Crippen LogP contribution in [0.2, 0.25) is 0 Å². The Hall–Kier alpha value is -2.94. The number of rotatable bonds is 8. The lowest BCUT2D eigenvalue weighted by Crippen LogP contribution is -2.13. The molecule has 0 saturated heterocycles. The number of hydrogen-bond donors (Lipinski definition) is 3. The normalized spacial score (nSPS) is 12.3. The highest BCUT2D eigenvalue weighted by atomic mass is 16.3. The van der Waals surface area contributed by atoms with Crippen LogP contribution in [0.5, 0.6) is 17.2 Å². The summed E-state index contributed by atoms with van der Waals surface area (Å²) in [5.74, 6) is 1.66. The number of phenols is 3. The van der Waals surface area contributed by atoms with Crippen LogP contribution in [0.3, 0.4) is 0 Å². The lowest BCUT2D eigenvalue weighted by Gasteiger charge is -2.32. The highest BCUT2D eigenvalue weighted by Crippen LogP contribution is 2.54. The van der Waals surface area contributed by atoms with Crippen LogP contribution in [0.4, 0.5) is 0 Å². The second-order valence-electron chi connectivity index (χ2n) is 13.0. The summed E-state index contributed by atoms with van der Waals surface area (Å²) in [5.41, 5.74) is 9.58. The Morgan fingerprint density at radius 2 is 0.872 bits per heavy atom. The molecule has 0 aliphatic rings. The molecule has 39 heavy (non-hydrogen) atoms. The molecule has 0 aromatic heterocycles. The molecule has 212 valence electrons. The van der Waals surface area contributed by atoms with Gasteiger partial charge in [0, 0.05) is 22.3 Å². The van der Waals surface area contributed by atoms with Gasteiger partial charge in [0.1, 0.15) is 17.2 Å². The predicted octanol–water partition coefficient (Wildman–Crippen LogP) is 10.9. The van der Waals surface area contributed by atoms with Crippen LogP contribution in [0, 0.1) is 0 Å². The first-order chi connectivity index (χ1) is 18.1. The molecular formula is C36H50O3. The second-order valence-corrected chi connectivity index (χ2v) is 13.0. The van der Waals surface area contributed by atoms with Gasteiger partial charge in [0.25, 0.3) is 0 Å². The van der Waals surface area contributed by atoms with Crippen LogP contribution in [-0.2, 0) is 0 Å². The van der Waals surface area contributed by atoms with Gasteiger partial charge in [0.05, 0.1) is 0 Å². The molecule has 3 aromatic carbocycles. The van der Waals surface area contributed by atoms with Gasteiger partial charge in [-0.15, -0.1) is 0 Å². The van der Waals surface area contributed by atoms with Gasteiger partial charge in [-0.3, -0.25) is 0 Å². The van der Waals surface area contributed by atoms with Gasteiger partial charge in [-0.25, -0.2) is 0 Å². The smallest absolute Gasteiger partial charge is 0.127 e. The van der Waals surface area contributed by atoms with Crippen LogP contribution in [0.15, 0.2) is 30.3 Å². The van der Waals surface area contributed by atoms with E-state index in [2.05, 4.69) is 83.1 Å².